The predicted molar refractivity (Wildman–Crippen MR) is 93.3 cm³/mol. The van der Waals surface area contributed by atoms with E-state index in [1.165, 1.54) is 14.2 Å². The number of methoxy groups -OCH3 is 2. The lowest BCUT2D eigenvalue weighted by Gasteiger charge is -2.12. The number of hydrogen-bond acceptors (Lipinski definition) is 5. The number of nitrogens with one attached hydrogen (secondary N) is 2. The quantitative estimate of drug-likeness (QED) is 0.558. The number of rotatable bonds is 8. The van der Waals surface area contributed by atoms with Crippen molar-refractivity contribution in [1.29, 1.82) is 0 Å². The fourth-order valence-corrected chi connectivity index (χ4v) is 1.95. The Morgan fingerprint density at radius 3 is 2.30 bits per heavy atom. The molecule has 0 aliphatic heterocycles. The molecule has 2 N–H and O–H groups in total. The van der Waals surface area contributed by atoms with Crippen LogP contribution < -0.4 is 20.1 Å². The summed E-state index contributed by atoms with van der Waals surface area (Å²) in [5.74, 6) is 0.761. The first-order valence-corrected chi connectivity index (χ1v) is 7.81. The molecule has 1 aromatic carbocycles. The Morgan fingerprint density at radius 1 is 1.17 bits per heavy atom. The minimum atomic E-state index is -0.321. The fraction of sp³-hybridized carbons (Fsp3) is 0.500. The van der Waals surface area contributed by atoms with Gasteiger partial charge < -0.3 is 19.5 Å². The largest absolute Gasteiger partial charge is 0.497 e. The first kappa shape index (κ1) is 19.2. The van der Waals surface area contributed by atoms with Crippen LogP contribution >= 0.6 is 12.2 Å². The van der Waals surface area contributed by atoms with Gasteiger partial charge in [0.15, 0.2) is 5.11 Å². The Morgan fingerprint density at radius 2 is 1.78 bits per heavy atom. The van der Waals surface area contributed by atoms with Crippen molar-refractivity contribution < 1.29 is 19.0 Å². The molecule has 0 fully saturated rings. The maximum absolute atomic E-state index is 12.2. The molecule has 0 radical (unpaired) electrons. The van der Waals surface area contributed by atoms with Crippen LogP contribution in [0.15, 0.2) is 18.2 Å². The number of ether oxygens (including phenoxy) is 3. The van der Waals surface area contributed by atoms with Gasteiger partial charge in [-0.1, -0.05) is 0 Å². The van der Waals surface area contributed by atoms with Gasteiger partial charge in [-0.25, -0.2) is 0 Å². The molecule has 128 valence electrons. The van der Waals surface area contributed by atoms with E-state index >= 15 is 0 Å². The maximum Gasteiger partial charge on any atom is 0.257 e. The summed E-state index contributed by atoms with van der Waals surface area (Å²) in [4.78, 5) is 12.2. The molecule has 0 aliphatic rings. The van der Waals surface area contributed by atoms with Crippen LogP contribution in [0.2, 0.25) is 0 Å². The summed E-state index contributed by atoms with van der Waals surface area (Å²) in [6, 6.07) is 4.94. The van der Waals surface area contributed by atoms with Gasteiger partial charge in [0.2, 0.25) is 0 Å². The Balaban J connectivity index is 2.47. The summed E-state index contributed by atoms with van der Waals surface area (Å²) in [5.41, 5.74) is 0.411. The number of hydrogen-bond donors (Lipinski definition) is 2. The van der Waals surface area contributed by atoms with Crippen molar-refractivity contribution in [1.82, 2.24) is 10.6 Å². The van der Waals surface area contributed by atoms with E-state index in [0.717, 1.165) is 6.42 Å². The molecule has 23 heavy (non-hydrogen) atoms. The third kappa shape index (κ3) is 7.30. The van der Waals surface area contributed by atoms with E-state index < -0.39 is 0 Å². The standard InChI is InChI=1S/C16H24N2O4S/c1-11(2)22-7-5-6-17-16(23)18-15(19)12-8-13(20-3)10-14(9-12)21-4/h8-11H,5-7H2,1-4H3,(H2,17,18,19,23). The van der Waals surface area contributed by atoms with E-state index in [4.69, 9.17) is 26.4 Å². The second kappa shape index (κ2) is 10.0. The highest BCUT2D eigenvalue weighted by Gasteiger charge is 2.11. The summed E-state index contributed by atoms with van der Waals surface area (Å²) in [7, 11) is 3.06. The van der Waals surface area contributed by atoms with Gasteiger partial charge in [-0.2, -0.15) is 0 Å². The molecule has 1 amide bonds. The monoisotopic (exact) mass is 340 g/mol. The van der Waals surface area contributed by atoms with Gasteiger partial charge in [-0.05, 0) is 44.6 Å². The van der Waals surface area contributed by atoms with Crippen molar-refractivity contribution >= 4 is 23.2 Å². The second-order valence-electron chi connectivity index (χ2n) is 5.08. The molecule has 0 aromatic heterocycles. The molecule has 0 spiro atoms. The molecule has 1 aromatic rings. The van der Waals surface area contributed by atoms with Crippen molar-refractivity contribution in [3.05, 3.63) is 23.8 Å². The molecule has 0 aliphatic carbocycles. The van der Waals surface area contributed by atoms with Crippen LogP contribution in [0.4, 0.5) is 0 Å². The SMILES string of the molecule is COc1cc(OC)cc(C(=O)NC(=S)NCCCOC(C)C)c1. The predicted octanol–water partition coefficient (Wildman–Crippen LogP) is 2.12. The molecule has 0 atom stereocenters. The summed E-state index contributed by atoms with van der Waals surface area (Å²) >= 11 is 5.11. The average Bonchev–Trinajstić information content (AvgIpc) is 2.53. The Labute approximate surface area is 142 Å². The van der Waals surface area contributed by atoms with E-state index in [-0.39, 0.29) is 17.1 Å². The first-order chi connectivity index (χ1) is 11.0. The third-order valence-electron chi connectivity index (χ3n) is 2.90. The van der Waals surface area contributed by atoms with Gasteiger partial charge >= 0.3 is 0 Å². The van der Waals surface area contributed by atoms with Gasteiger partial charge in [-0.15, -0.1) is 0 Å². The van der Waals surface area contributed by atoms with Gasteiger partial charge in [0.1, 0.15) is 11.5 Å². The van der Waals surface area contributed by atoms with E-state index in [9.17, 15) is 4.79 Å². The number of amides is 1. The van der Waals surface area contributed by atoms with Crippen LogP contribution in [0.3, 0.4) is 0 Å². The first-order valence-electron chi connectivity index (χ1n) is 7.40. The number of carbonyl (C=O) groups is 1. The second-order valence-corrected chi connectivity index (χ2v) is 5.49. The lowest BCUT2D eigenvalue weighted by molar-refractivity contribution is 0.0777. The summed E-state index contributed by atoms with van der Waals surface area (Å²) < 4.78 is 15.7. The van der Waals surface area contributed by atoms with E-state index in [1.807, 2.05) is 13.8 Å². The van der Waals surface area contributed by atoms with Crippen molar-refractivity contribution in [3.63, 3.8) is 0 Å². The zero-order valence-corrected chi connectivity index (χ0v) is 14.8. The molecular weight excluding hydrogens is 316 g/mol. The highest BCUT2D eigenvalue weighted by molar-refractivity contribution is 7.80. The molecule has 0 unspecified atom stereocenters. The van der Waals surface area contributed by atoms with Gasteiger partial charge in [0.25, 0.3) is 5.91 Å². The molecule has 0 bridgehead atoms. The number of thiocarbonyl (C=S) groups is 1. The van der Waals surface area contributed by atoms with Crippen molar-refractivity contribution in [3.8, 4) is 11.5 Å². The highest BCUT2D eigenvalue weighted by Crippen LogP contribution is 2.22. The summed E-state index contributed by atoms with van der Waals surface area (Å²) in [6.07, 6.45) is 1.02. The van der Waals surface area contributed by atoms with Crippen molar-refractivity contribution in [2.45, 2.75) is 26.4 Å². The summed E-state index contributed by atoms with van der Waals surface area (Å²) in [6.45, 7) is 5.25. The third-order valence-corrected chi connectivity index (χ3v) is 3.14. The average molecular weight is 340 g/mol. The topological polar surface area (TPSA) is 68.8 Å². The van der Waals surface area contributed by atoms with Crippen LogP contribution in [0.25, 0.3) is 0 Å². The molecule has 0 saturated heterocycles. The molecule has 6 nitrogen and oxygen atoms in total. The van der Waals surface area contributed by atoms with Gasteiger partial charge in [-0.3, -0.25) is 10.1 Å². The van der Waals surface area contributed by atoms with E-state index in [1.54, 1.807) is 18.2 Å². The Hall–Kier alpha value is -1.86. The fourth-order valence-electron chi connectivity index (χ4n) is 1.75. The smallest absolute Gasteiger partial charge is 0.257 e. The molecule has 0 heterocycles. The minimum Gasteiger partial charge on any atom is -0.497 e. The molecule has 7 heteroatoms. The highest BCUT2D eigenvalue weighted by atomic mass is 32.1. The van der Waals surface area contributed by atoms with Crippen LogP contribution in [0, 0.1) is 0 Å². The zero-order valence-electron chi connectivity index (χ0n) is 14.0. The Kier molecular flexibility index (Phi) is 8.36. The van der Waals surface area contributed by atoms with Crippen LogP contribution in [-0.4, -0.2) is 44.5 Å². The molecular formula is C16H24N2O4S. The lowest BCUT2D eigenvalue weighted by Crippen LogP contribution is -2.39. The lowest BCUT2D eigenvalue weighted by atomic mass is 10.2. The van der Waals surface area contributed by atoms with E-state index in [2.05, 4.69) is 10.6 Å². The number of benzene rings is 1. The molecule has 1 rings (SSSR count). The minimum absolute atomic E-state index is 0.213. The van der Waals surface area contributed by atoms with Crippen LogP contribution in [-0.2, 0) is 4.74 Å². The number of carbonyl (C=O) groups excluding carboxylic acids is 1. The Bertz CT molecular complexity index is 513. The normalized spacial score (nSPS) is 10.3. The van der Waals surface area contributed by atoms with Crippen molar-refractivity contribution in [2.75, 3.05) is 27.4 Å². The van der Waals surface area contributed by atoms with Gasteiger partial charge in [0.05, 0.1) is 20.3 Å². The molecule has 0 saturated carbocycles. The maximum atomic E-state index is 12.2. The van der Waals surface area contributed by atoms with Gasteiger partial charge in [0, 0.05) is 24.8 Å². The summed E-state index contributed by atoms with van der Waals surface area (Å²) in [5, 5.41) is 5.88. The zero-order chi connectivity index (χ0) is 17.2. The van der Waals surface area contributed by atoms with Crippen LogP contribution in [0.5, 0.6) is 11.5 Å². The van der Waals surface area contributed by atoms with Crippen LogP contribution in [0.1, 0.15) is 30.6 Å². The van der Waals surface area contributed by atoms with E-state index in [0.29, 0.717) is 30.2 Å². The van der Waals surface area contributed by atoms with Crippen molar-refractivity contribution in [2.24, 2.45) is 0 Å².